The third-order valence-electron chi connectivity index (χ3n) is 3.38. The molecule has 2 heterocycles. The zero-order valence-corrected chi connectivity index (χ0v) is 15.2. The fraction of sp³-hybridized carbons (Fsp3) is 0.176. The molecule has 0 saturated heterocycles. The number of nitriles is 1. The average Bonchev–Trinajstić information content (AvgIpc) is 2.94. The molecule has 0 N–H and O–H groups in total. The Kier molecular flexibility index (Phi) is 4.88. The van der Waals surface area contributed by atoms with Crippen molar-refractivity contribution >= 4 is 46.2 Å². The molecular weight excluding hydrogens is 356 g/mol. The van der Waals surface area contributed by atoms with Gasteiger partial charge < -0.3 is 4.74 Å². The summed E-state index contributed by atoms with van der Waals surface area (Å²) < 4.78 is 6.04. The van der Waals surface area contributed by atoms with Gasteiger partial charge in [0.2, 0.25) is 0 Å². The van der Waals surface area contributed by atoms with E-state index in [2.05, 4.69) is 22.6 Å². The van der Waals surface area contributed by atoms with Crippen LogP contribution in [0.4, 0.5) is 10.6 Å². The molecule has 1 amide bonds. The Balaban J connectivity index is 1.88. The van der Waals surface area contributed by atoms with Gasteiger partial charge in [0, 0.05) is 6.04 Å². The largest absolute Gasteiger partial charge is 0.421 e. The van der Waals surface area contributed by atoms with Gasteiger partial charge in [0.05, 0.1) is 11.6 Å². The molecule has 0 bridgehead atoms. The van der Waals surface area contributed by atoms with Gasteiger partial charge in [0.15, 0.2) is 0 Å². The quantitative estimate of drug-likeness (QED) is 0.697. The van der Waals surface area contributed by atoms with E-state index in [0.29, 0.717) is 26.3 Å². The highest BCUT2D eigenvalue weighted by atomic mass is 32.2. The number of rotatable bonds is 3. The van der Waals surface area contributed by atoms with Crippen LogP contribution in [0, 0.1) is 11.3 Å². The predicted octanol–water partition coefficient (Wildman–Crippen LogP) is 4.27. The summed E-state index contributed by atoms with van der Waals surface area (Å²) in [4.78, 5) is 23.5. The maximum Gasteiger partial charge on any atom is 0.421 e. The summed E-state index contributed by atoms with van der Waals surface area (Å²) in [6.45, 7) is 3.76. The average molecular weight is 370 g/mol. The van der Waals surface area contributed by atoms with E-state index >= 15 is 0 Å². The molecule has 0 spiro atoms. The molecule has 0 atom stereocenters. The SMILES string of the molecule is CC(C)N(C(=O)Oc1ccc(C#N)cc1)c1ccc2nc(S)sc2n1. The van der Waals surface area contributed by atoms with Crippen molar-refractivity contribution in [2.45, 2.75) is 24.2 Å². The van der Waals surface area contributed by atoms with Gasteiger partial charge in [0.25, 0.3) is 0 Å². The van der Waals surface area contributed by atoms with E-state index in [0.717, 1.165) is 5.52 Å². The van der Waals surface area contributed by atoms with Gasteiger partial charge in [-0.25, -0.2) is 14.8 Å². The molecule has 2 aromatic heterocycles. The second-order valence-corrected chi connectivity index (χ2v) is 7.16. The van der Waals surface area contributed by atoms with Crippen molar-refractivity contribution < 1.29 is 9.53 Å². The van der Waals surface area contributed by atoms with Crippen molar-refractivity contribution in [1.82, 2.24) is 9.97 Å². The summed E-state index contributed by atoms with van der Waals surface area (Å²) >= 11 is 5.58. The first-order valence-corrected chi connectivity index (χ1v) is 8.72. The first-order valence-electron chi connectivity index (χ1n) is 7.45. The number of thiol groups is 1. The highest BCUT2D eigenvalue weighted by Gasteiger charge is 2.23. The van der Waals surface area contributed by atoms with E-state index < -0.39 is 6.09 Å². The van der Waals surface area contributed by atoms with Crippen LogP contribution in [-0.4, -0.2) is 22.1 Å². The fourth-order valence-electron chi connectivity index (χ4n) is 2.25. The lowest BCUT2D eigenvalue weighted by Crippen LogP contribution is -2.39. The van der Waals surface area contributed by atoms with Gasteiger partial charge in [-0.2, -0.15) is 5.26 Å². The smallest absolute Gasteiger partial charge is 0.410 e. The normalized spacial score (nSPS) is 10.7. The van der Waals surface area contributed by atoms with E-state index in [1.54, 1.807) is 36.4 Å². The monoisotopic (exact) mass is 370 g/mol. The first-order chi connectivity index (χ1) is 12.0. The van der Waals surface area contributed by atoms with Crippen molar-refractivity contribution in [3.63, 3.8) is 0 Å². The molecular formula is C17H14N4O2S2. The molecule has 0 saturated carbocycles. The van der Waals surface area contributed by atoms with E-state index in [4.69, 9.17) is 10.00 Å². The minimum atomic E-state index is -0.540. The third kappa shape index (κ3) is 3.73. The van der Waals surface area contributed by atoms with Crippen LogP contribution in [-0.2, 0) is 0 Å². The predicted molar refractivity (Wildman–Crippen MR) is 99.5 cm³/mol. The third-order valence-corrected chi connectivity index (χ3v) is 4.52. The summed E-state index contributed by atoms with van der Waals surface area (Å²) in [5.74, 6) is 0.851. The Labute approximate surface area is 154 Å². The van der Waals surface area contributed by atoms with Crippen LogP contribution in [0.25, 0.3) is 10.3 Å². The van der Waals surface area contributed by atoms with Gasteiger partial charge in [0.1, 0.15) is 26.3 Å². The van der Waals surface area contributed by atoms with Gasteiger partial charge in [-0.3, -0.25) is 4.90 Å². The Morgan fingerprint density at radius 2 is 1.96 bits per heavy atom. The second-order valence-electron chi connectivity index (χ2n) is 5.46. The lowest BCUT2D eigenvalue weighted by Gasteiger charge is -2.24. The zero-order chi connectivity index (χ0) is 18.0. The molecule has 6 nitrogen and oxygen atoms in total. The van der Waals surface area contributed by atoms with Crippen molar-refractivity contribution in [2.24, 2.45) is 0 Å². The molecule has 1 aromatic carbocycles. The number of hydrogen-bond donors (Lipinski definition) is 1. The molecule has 0 aliphatic heterocycles. The van der Waals surface area contributed by atoms with E-state index in [1.165, 1.54) is 16.2 Å². The molecule has 25 heavy (non-hydrogen) atoms. The number of anilines is 1. The van der Waals surface area contributed by atoms with Gasteiger partial charge >= 0.3 is 6.09 Å². The molecule has 3 rings (SSSR count). The van der Waals surface area contributed by atoms with Crippen LogP contribution in [0.5, 0.6) is 5.75 Å². The number of nitrogens with zero attached hydrogens (tertiary/aromatic N) is 4. The number of thiazole rings is 1. The van der Waals surface area contributed by atoms with E-state index in [9.17, 15) is 4.79 Å². The van der Waals surface area contributed by atoms with Gasteiger partial charge in [-0.15, -0.1) is 12.6 Å². The number of amides is 1. The lowest BCUT2D eigenvalue weighted by molar-refractivity contribution is 0.205. The van der Waals surface area contributed by atoms with Crippen LogP contribution < -0.4 is 9.64 Å². The first kappa shape index (κ1) is 17.2. The summed E-state index contributed by atoms with van der Waals surface area (Å²) in [7, 11) is 0. The van der Waals surface area contributed by atoms with E-state index in [-0.39, 0.29) is 6.04 Å². The van der Waals surface area contributed by atoms with Crippen molar-refractivity contribution in [1.29, 1.82) is 5.26 Å². The van der Waals surface area contributed by atoms with Crippen LogP contribution in [0.3, 0.4) is 0 Å². The van der Waals surface area contributed by atoms with Crippen molar-refractivity contribution in [2.75, 3.05) is 4.90 Å². The number of pyridine rings is 1. The van der Waals surface area contributed by atoms with Crippen LogP contribution >= 0.6 is 24.0 Å². The maximum atomic E-state index is 12.6. The Hall–Kier alpha value is -2.63. The second kappa shape index (κ2) is 7.09. The lowest BCUT2D eigenvalue weighted by atomic mass is 10.2. The molecule has 0 aliphatic carbocycles. The number of aromatic nitrogens is 2. The van der Waals surface area contributed by atoms with E-state index in [1.807, 2.05) is 19.9 Å². The standard InChI is InChI=1S/C17H14N4O2S2/c1-10(2)21(14-8-7-13-15(20-14)25-16(24)19-13)17(22)23-12-5-3-11(9-18)4-6-12/h3-8,10H,1-2H3,(H,19,24). The van der Waals surface area contributed by atoms with Crippen molar-refractivity contribution in [3.05, 3.63) is 42.0 Å². The summed E-state index contributed by atoms with van der Waals surface area (Å²) in [6, 6.07) is 11.8. The summed E-state index contributed by atoms with van der Waals surface area (Å²) in [5, 5.41) is 8.82. The van der Waals surface area contributed by atoms with Crippen molar-refractivity contribution in [3.8, 4) is 11.8 Å². The fourth-order valence-corrected chi connectivity index (χ4v) is 3.29. The Morgan fingerprint density at radius 3 is 2.60 bits per heavy atom. The molecule has 3 aromatic rings. The van der Waals surface area contributed by atoms with Gasteiger partial charge in [-0.05, 0) is 50.2 Å². The van der Waals surface area contributed by atoms with Crippen LogP contribution in [0.2, 0.25) is 0 Å². The molecule has 8 heteroatoms. The number of carbonyl (C=O) groups excluding carboxylic acids is 1. The minimum absolute atomic E-state index is 0.153. The molecule has 0 fully saturated rings. The minimum Gasteiger partial charge on any atom is -0.410 e. The molecule has 126 valence electrons. The number of ether oxygens (including phenoxy) is 1. The Morgan fingerprint density at radius 1 is 1.24 bits per heavy atom. The Bertz CT molecular complexity index is 961. The number of fused-ring (bicyclic) bond motifs is 1. The van der Waals surface area contributed by atoms with Crippen LogP contribution in [0.15, 0.2) is 40.7 Å². The van der Waals surface area contributed by atoms with Crippen LogP contribution in [0.1, 0.15) is 19.4 Å². The van der Waals surface area contributed by atoms with Gasteiger partial charge in [-0.1, -0.05) is 11.3 Å². The number of carbonyl (C=O) groups is 1. The molecule has 0 radical (unpaired) electrons. The summed E-state index contributed by atoms with van der Waals surface area (Å²) in [6.07, 6.45) is -0.540. The molecule has 0 unspecified atom stereocenters. The molecule has 0 aliphatic rings. The zero-order valence-electron chi connectivity index (χ0n) is 13.5. The number of hydrogen-bond acceptors (Lipinski definition) is 7. The summed E-state index contributed by atoms with van der Waals surface area (Å²) in [5.41, 5.74) is 1.24. The number of benzene rings is 1. The topological polar surface area (TPSA) is 79.1 Å². The maximum absolute atomic E-state index is 12.6. The highest BCUT2D eigenvalue weighted by molar-refractivity contribution is 7.82. The highest BCUT2D eigenvalue weighted by Crippen LogP contribution is 2.26.